The first-order chi connectivity index (χ1) is 6.27. The van der Waals surface area contributed by atoms with Crippen molar-refractivity contribution in [1.82, 2.24) is 14.5 Å². The lowest BCUT2D eigenvalue weighted by Gasteiger charge is -1.99. The zero-order valence-corrected chi connectivity index (χ0v) is 7.11. The maximum atomic E-state index is 12.5. The van der Waals surface area contributed by atoms with Crippen molar-refractivity contribution in [1.29, 1.82) is 0 Å². The molecule has 0 aromatic carbocycles. The third-order valence-corrected chi connectivity index (χ3v) is 1.81. The van der Waals surface area contributed by atoms with Crippen molar-refractivity contribution < 1.29 is 4.39 Å². The van der Waals surface area contributed by atoms with Gasteiger partial charge < -0.3 is 4.57 Å². The monoisotopic (exact) mass is 177 g/mol. The summed E-state index contributed by atoms with van der Waals surface area (Å²) in [6, 6.07) is 2.98. The molecule has 3 nitrogen and oxygen atoms in total. The van der Waals surface area contributed by atoms with Gasteiger partial charge >= 0.3 is 0 Å². The quantitative estimate of drug-likeness (QED) is 0.620. The minimum Gasteiger partial charge on any atom is -0.334 e. The summed E-state index contributed by atoms with van der Waals surface area (Å²) in [6.07, 6.45) is 5.00. The molecule has 2 aromatic rings. The van der Waals surface area contributed by atoms with Gasteiger partial charge in [-0.25, -0.2) is 9.97 Å². The Bertz CT molecular complexity index is 405. The smallest absolute Gasteiger partial charge is 0.212 e. The summed E-state index contributed by atoms with van der Waals surface area (Å²) in [5.74, 6) is 0.311. The molecule has 2 aromatic heterocycles. The molecule has 0 unspecified atom stereocenters. The molecule has 13 heavy (non-hydrogen) atoms. The summed E-state index contributed by atoms with van der Waals surface area (Å²) in [4.78, 5) is 7.67. The fourth-order valence-electron chi connectivity index (χ4n) is 1.15. The molecule has 0 saturated carbocycles. The van der Waals surface area contributed by atoms with E-state index >= 15 is 0 Å². The average molecular weight is 177 g/mol. The number of pyridine rings is 1. The molecule has 66 valence electrons. The Morgan fingerprint density at radius 2 is 2.15 bits per heavy atom. The molecular weight excluding hydrogens is 169 g/mol. The molecule has 0 fully saturated rings. The second kappa shape index (κ2) is 2.97. The maximum Gasteiger partial charge on any atom is 0.212 e. The van der Waals surface area contributed by atoms with Gasteiger partial charge in [-0.2, -0.15) is 4.39 Å². The Labute approximate surface area is 74.9 Å². The lowest BCUT2D eigenvalue weighted by atomic mass is 10.3. The predicted octanol–water partition coefficient (Wildman–Crippen LogP) is 1.62. The van der Waals surface area contributed by atoms with Crippen molar-refractivity contribution in [2.24, 2.45) is 7.05 Å². The SMILES string of the molecule is Cn1ccnc1-c1ccc(F)nc1. The van der Waals surface area contributed by atoms with Gasteiger partial charge in [0.05, 0.1) is 0 Å². The number of halogens is 1. The maximum absolute atomic E-state index is 12.5. The van der Waals surface area contributed by atoms with Crippen LogP contribution in [0.15, 0.2) is 30.7 Å². The largest absolute Gasteiger partial charge is 0.334 e. The zero-order chi connectivity index (χ0) is 9.26. The molecule has 0 N–H and O–H groups in total. The van der Waals surface area contributed by atoms with Crippen LogP contribution in [-0.4, -0.2) is 14.5 Å². The zero-order valence-electron chi connectivity index (χ0n) is 7.11. The molecule has 0 aliphatic heterocycles. The number of imidazole rings is 1. The minimum atomic E-state index is -0.474. The van der Waals surface area contributed by atoms with E-state index in [-0.39, 0.29) is 0 Å². The lowest BCUT2D eigenvalue weighted by molar-refractivity contribution is 0.584. The van der Waals surface area contributed by atoms with E-state index < -0.39 is 5.95 Å². The molecule has 4 heteroatoms. The van der Waals surface area contributed by atoms with Crippen LogP contribution in [-0.2, 0) is 7.05 Å². The highest BCUT2D eigenvalue weighted by Gasteiger charge is 2.02. The van der Waals surface area contributed by atoms with Gasteiger partial charge in [0.2, 0.25) is 5.95 Å². The van der Waals surface area contributed by atoms with Crippen molar-refractivity contribution in [3.63, 3.8) is 0 Å². The summed E-state index contributed by atoms with van der Waals surface area (Å²) in [5.41, 5.74) is 0.814. The van der Waals surface area contributed by atoms with Gasteiger partial charge in [-0.1, -0.05) is 0 Å². The number of hydrogen-bond acceptors (Lipinski definition) is 2. The molecule has 0 aliphatic rings. The molecule has 0 atom stereocenters. The lowest BCUT2D eigenvalue weighted by Crippen LogP contribution is -1.92. The van der Waals surface area contributed by atoms with Crippen LogP contribution in [0.5, 0.6) is 0 Å². The second-order valence-electron chi connectivity index (χ2n) is 2.73. The Balaban J connectivity index is 2.47. The van der Waals surface area contributed by atoms with E-state index in [1.807, 2.05) is 17.8 Å². The van der Waals surface area contributed by atoms with Crippen molar-refractivity contribution in [2.75, 3.05) is 0 Å². The van der Waals surface area contributed by atoms with Gasteiger partial charge in [-0.15, -0.1) is 0 Å². The van der Waals surface area contributed by atoms with Crippen molar-refractivity contribution in [2.45, 2.75) is 0 Å². The summed E-state index contributed by atoms with van der Waals surface area (Å²) < 4.78 is 14.3. The Kier molecular flexibility index (Phi) is 1.81. The van der Waals surface area contributed by atoms with E-state index in [1.54, 1.807) is 12.3 Å². The molecule has 0 saturated heterocycles. The number of nitrogens with zero attached hydrogens (tertiary/aromatic N) is 3. The van der Waals surface area contributed by atoms with Crippen LogP contribution >= 0.6 is 0 Å². The Morgan fingerprint density at radius 1 is 1.31 bits per heavy atom. The van der Waals surface area contributed by atoms with Crippen molar-refractivity contribution in [3.8, 4) is 11.4 Å². The van der Waals surface area contributed by atoms with Crippen LogP contribution in [0.4, 0.5) is 4.39 Å². The first-order valence-corrected chi connectivity index (χ1v) is 3.86. The number of aromatic nitrogens is 3. The molecule has 0 bridgehead atoms. The van der Waals surface area contributed by atoms with Crippen LogP contribution in [0.1, 0.15) is 0 Å². The van der Waals surface area contributed by atoms with Gasteiger partial charge in [0.15, 0.2) is 0 Å². The Hall–Kier alpha value is -1.71. The molecule has 2 rings (SSSR count). The van der Waals surface area contributed by atoms with E-state index in [2.05, 4.69) is 9.97 Å². The molecule has 0 radical (unpaired) electrons. The van der Waals surface area contributed by atoms with E-state index in [0.717, 1.165) is 11.4 Å². The Morgan fingerprint density at radius 3 is 2.69 bits per heavy atom. The van der Waals surface area contributed by atoms with Crippen LogP contribution in [0.2, 0.25) is 0 Å². The average Bonchev–Trinajstić information content (AvgIpc) is 2.53. The molecule has 0 amide bonds. The third kappa shape index (κ3) is 1.42. The molecule has 0 spiro atoms. The number of hydrogen-bond donors (Lipinski definition) is 0. The van der Waals surface area contributed by atoms with Crippen LogP contribution < -0.4 is 0 Å². The van der Waals surface area contributed by atoms with E-state index in [4.69, 9.17) is 0 Å². The summed E-state index contributed by atoms with van der Waals surface area (Å²) in [5, 5.41) is 0. The standard InChI is InChI=1S/C9H8FN3/c1-13-5-4-11-9(13)7-2-3-8(10)12-6-7/h2-6H,1H3. The highest BCUT2D eigenvalue weighted by atomic mass is 19.1. The van der Waals surface area contributed by atoms with Gasteiger partial charge in [0, 0.05) is 31.2 Å². The van der Waals surface area contributed by atoms with Gasteiger partial charge in [0.1, 0.15) is 5.82 Å². The second-order valence-corrected chi connectivity index (χ2v) is 2.73. The molecule has 0 aliphatic carbocycles. The number of aryl methyl sites for hydroxylation is 1. The van der Waals surface area contributed by atoms with Gasteiger partial charge in [0.25, 0.3) is 0 Å². The van der Waals surface area contributed by atoms with E-state index in [9.17, 15) is 4.39 Å². The van der Waals surface area contributed by atoms with Crippen molar-refractivity contribution in [3.05, 3.63) is 36.7 Å². The van der Waals surface area contributed by atoms with E-state index in [0.29, 0.717) is 0 Å². The topological polar surface area (TPSA) is 30.7 Å². The van der Waals surface area contributed by atoms with Gasteiger partial charge in [-0.3, -0.25) is 0 Å². The summed E-state index contributed by atoms with van der Waals surface area (Å²) in [6.45, 7) is 0. The van der Waals surface area contributed by atoms with Crippen molar-refractivity contribution >= 4 is 0 Å². The van der Waals surface area contributed by atoms with E-state index in [1.165, 1.54) is 12.3 Å². The highest BCUT2D eigenvalue weighted by Crippen LogP contribution is 2.14. The molecule has 2 heterocycles. The van der Waals surface area contributed by atoms with Crippen LogP contribution in [0.3, 0.4) is 0 Å². The fourth-order valence-corrected chi connectivity index (χ4v) is 1.15. The summed E-state index contributed by atoms with van der Waals surface area (Å²) >= 11 is 0. The first kappa shape index (κ1) is 7.91. The molecular formula is C9H8FN3. The van der Waals surface area contributed by atoms with Crippen LogP contribution in [0, 0.1) is 5.95 Å². The third-order valence-electron chi connectivity index (χ3n) is 1.81. The summed E-state index contributed by atoms with van der Waals surface area (Å²) in [7, 11) is 1.88. The normalized spacial score (nSPS) is 10.3. The van der Waals surface area contributed by atoms with Crippen LogP contribution in [0.25, 0.3) is 11.4 Å². The number of rotatable bonds is 1. The fraction of sp³-hybridized carbons (Fsp3) is 0.111. The first-order valence-electron chi connectivity index (χ1n) is 3.86. The minimum absolute atomic E-state index is 0.474. The predicted molar refractivity (Wildman–Crippen MR) is 46.4 cm³/mol. The highest BCUT2D eigenvalue weighted by molar-refractivity contribution is 5.53. The van der Waals surface area contributed by atoms with Gasteiger partial charge in [-0.05, 0) is 12.1 Å².